The van der Waals surface area contributed by atoms with Crippen LogP contribution in [0.3, 0.4) is 0 Å². The second-order valence-corrected chi connectivity index (χ2v) is 8.47. The van der Waals surface area contributed by atoms with Crippen LogP contribution in [0.15, 0.2) is 35.3 Å². The van der Waals surface area contributed by atoms with E-state index in [0.29, 0.717) is 5.92 Å². The van der Waals surface area contributed by atoms with Crippen molar-refractivity contribution in [2.45, 2.75) is 39.0 Å². The number of rotatable bonds is 6. The Balaban J connectivity index is 1.46. The summed E-state index contributed by atoms with van der Waals surface area (Å²) in [7, 11) is 1.44. The van der Waals surface area contributed by atoms with E-state index in [1.54, 1.807) is 0 Å². The summed E-state index contributed by atoms with van der Waals surface area (Å²) >= 11 is 0. The summed E-state index contributed by atoms with van der Waals surface area (Å²) in [4.78, 5) is 33.2. The van der Waals surface area contributed by atoms with Crippen molar-refractivity contribution < 1.29 is 14.3 Å². The Morgan fingerprint density at radius 1 is 1.03 bits per heavy atom. The summed E-state index contributed by atoms with van der Waals surface area (Å²) < 4.78 is 4.87. The van der Waals surface area contributed by atoms with Crippen LogP contribution >= 0.6 is 0 Å². The molecule has 1 amide bonds. The normalized spacial score (nSPS) is 18.7. The SMILES string of the molecule is CCNC(=NCC(=O)N1CCC(Cc2ccccc2)CC1)N1CCC(C(=O)OC)CC1. The molecule has 1 N–H and O–H groups in total. The Morgan fingerprint density at radius 2 is 1.68 bits per heavy atom. The topological polar surface area (TPSA) is 74.2 Å². The zero-order valence-electron chi connectivity index (χ0n) is 18.9. The fraction of sp³-hybridized carbons (Fsp3) is 0.625. The van der Waals surface area contributed by atoms with Crippen LogP contribution in [-0.4, -0.2) is 74.0 Å². The molecule has 170 valence electrons. The highest BCUT2D eigenvalue weighted by Crippen LogP contribution is 2.22. The second-order valence-electron chi connectivity index (χ2n) is 8.47. The van der Waals surface area contributed by atoms with Crippen LogP contribution in [0.2, 0.25) is 0 Å². The van der Waals surface area contributed by atoms with Gasteiger partial charge in [0.15, 0.2) is 5.96 Å². The quantitative estimate of drug-likeness (QED) is 0.428. The molecular formula is C24H36N4O3. The number of likely N-dealkylation sites (tertiary alicyclic amines) is 2. The minimum absolute atomic E-state index is 0.0389. The Bertz CT molecular complexity index is 736. The molecule has 31 heavy (non-hydrogen) atoms. The number of guanidine groups is 1. The van der Waals surface area contributed by atoms with E-state index in [1.807, 2.05) is 17.9 Å². The molecule has 1 aromatic carbocycles. The third-order valence-electron chi connectivity index (χ3n) is 6.36. The summed E-state index contributed by atoms with van der Waals surface area (Å²) in [6, 6.07) is 10.6. The van der Waals surface area contributed by atoms with E-state index in [9.17, 15) is 9.59 Å². The van der Waals surface area contributed by atoms with Gasteiger partial charge < -0.3 is 19.9 Å². The first-order valence-electron chi connectivity index (χ1n) is 11.5. The molecule has 7 nitrogen and oxygen atoms in total. The molecule has 2 fully saturated rings. The molecule has 2 saturated heterocycles. The highest BCUT2D eigenvalue weighted by molar-refractivity contribution is 5.85. The summed E-state index contributed by atoms with van der Waals surface area (Å²) in [5, 5.41) is 3.29. The fourth-order valence-electron chi connectivity index (χ4n) is 4.50. The monoisotopic (exact) mass is 428 g/mol. The van der Waals surface area contributed by atoms with Gasteiger partial charge in [0, 0.05) is 32.7 Å². The largest absolute Gasteiger partial charge is 0.469 e. The minimum atomic E-state index is -0.132. The summed E-state index contributed by atoms with van der Waals surface area (Å²) in [5.41, 5.74) is 1.38. The van der Waals surface area contributed by atoms with Crippen LogP contribution in [0.4, 0.5) is 0 Å². The molecule has 2 aliphatic heterocycles. The zero-order chi connectivity index (χ0) is 22.1. The highest BCUT2D eigenvalue weighted by Gasteiger charge is 2.27. The minimum Gasteiger partial charge on any atom is -0.469 e. The number of methoxy groups -OCH3 is 1. The first kappa shape index (κ1) is 23.1. The second kappa shape index (κ2) is 11.7. The molecule has 0 radical (unpaired) electrons. The smallest absolute Gasteiger partial charge is 0.308 e. The summed E-state index contributed by atoms with van der Waals surface area (Å²) in [6.45, 7) is 6.04. The number of benzene rings is 1. The van der Waals surface area contributed by atoms with E-state index < -0.39 is 0 Å². The summed E-state index contributed by atoms with van der Waals surface area (Å²) in [6.07, 6.45) is 4.68. The molecule has 1 aromatic rings. The van der Waals surface area contributed by atoms with E-state index in [1.165, 1.54) is 12.7 Å². The van der Waals surface area contributed by atoms with Crippen molar-refractivity contribution in [3.8, 4) is 0 Å². The van der Waals surface area contributed by atoms with Gasteiger partial charge in [-0.05, 0) is 50.5 Å². The van der Waals surface area contributed by atoms with Gasteiger partial charge in [0.25, 0.3) is 0 Å². The van der Waals surface area contributed by atoms with Crippen molar-refractivity contribution in [1.29, 1.82) is 0 Å². The third kappa shape index (κ3) is 6.71. The third-order valence-corrected chi connectivity index (χ3v) is 6.36. The maximum atomic E-state index is 12.7. The first-order valence-corrected chi connectivity index (χ1v) is 11.5. The first-order chi connectivity index (χ1) is 15.1. The number of nitrogens with zero attached hydrogens (tertiary/aromatic N) is 3. The average molecular weight is 429 g/mol. The van der Waals surface area contributed by atoms with Crippen molar-refractivity contribution in [3.63, 3.8) is 0 Å². The lowest BCUT2D eigenvalue weighted by molar-refractivity contribution is -0.146. The van der Waals surface area contributed by atoms with Crippen molar-refractivity contribution >= 4 is 17.8 Å². The molecule has 0 atom stereocenters. The Kier molecular flexibility index (Phi) is 8.74. The van der Waals surface area contributed by atoms with Gasteiger partial charge >= 0.3 is 5.97 Å². The number of aliphatic imine (C=N–C) groups is 1. The van der Waals surface area contributed by atoms with Gasteiger partial charge in [-0.2, -0.15) is 0 Å². The van der Waals surface area contributed by atoms with Gasteiger partial charge in [-0.3, -0.25) is 9.59 Å². The Hall–Kier alpha value is -2.57. The molecule has 0 aromatic heterocycles. The van der Waals surface area contributed by atoms with Crippen LogP contribution in [0.1, 0.15) is 38.2 Å². The average Bonchev–Trinajstić information content (AvgIpc) is 2.82. The number of carbonyl (C=O) groups is 2. The van der Waals surface area contributed by atoms with Crippen LogP contribution in [0.25, 0.3) is 0 Å². The van der Waals surface area contributed by atoms with E-state index in [0.717, 1.165) is 70.8 Å². The van der Waals surface area contributed by atoms with Crippen molar-refractivity contribution in [2.24, 2.45) is 16.8 Å². The van der Waals surface area contributed by atoms with Gasteiger partial charge in [-0.15, -0.1) is 0 Å². The van der Waals surface area contributed by atoms with Crippen LogP contribution in [-0.2, 0) is 20.7 Å². The Labute approximate surface area is 185 Å². The van der Waals surface area contributed by atoms with Crippen LogP contribution in [0, 0.1) is 11.8 Å². The lowest BCUT2D eigenvalue weighted by atomic mass is 9.90. The van der Waals surface area contributed by atoms with Gasteiger partial charge in [0.05, 0.1) is 13.0 Å². The van der Waals surface area contributed by atoms with Gasteiger partial charge in [-0.1, -0.05) is 30.3 Å². The molecule has 7 heteroatoms. The summed E-state index contributed by atoms with van der Waals surface area (Å²) in [5.74, 6) is 1.33. The molecule has 0 aliphatic carbocycles. The number of piperidine rings is 2. The predicted octanol–water partition coefficient (Wildman–Crippen LogP) is 2.32. The van der Waals surface area contributed by atoms with Crippen molar-refractivity contribution in [3.05, 3.63) is 35.9 Å². The number of ether oxygens (including phenoxy) is 1. The van der Waals surface area contributed by atoms with Crippen molar-refractivity contribution in [2.75, 3.05) is 46.4 Å². The maximum Gasteiger partial charge on any atom is 0.308 e. The molecule has 0 bridgehead atoms. The van der Waals surface area contributed by atoms with E-state index in [4.69, 9.17) is 4.74 Å². The fourth-order valence-corrected chi connectivity index (χ4v) is 4.50. The molecule has 2 aliphatic rings. The van der Waals surface area contributed by atoms with Gasteiger partial charge in [0.2, 0.25) is 5.91 Å². The van der Waals surface area contributed by atoms with E-state index in [2.05, 4.69) is 39.5 Å². The molecule has 2 heterocycles. The Morgan fingerprint density at radius 3 is 2.29 bits per heavy atom. The highest BCUT2D eigenvalue weighted by atomic mass is 16.5. The van der Waals surface area contributed by atoms with Gasteiger partial charge in [0.1, 0.15) is 6.54 Å². The predicted molar refractivity (Wildman–Crippen MR) is 122 cm³/mol. The van der Waals surface area contributed by atoms with Crippen molar-refractivity contribution in [1.82, 2.24) is 15.1 Å². The number of carbonyl (C=O) groups excluding carboxylic acids is 2. The molecule has 3 rings (SSSR count). The van der Waals surface area contributed by atoms with E-state index in [-0.39, 0.29) is 24.3 Å². The molecule has 0 unspecified atom stereocenters. The maximum absolute atomic E-state index is 12.7. The number of esters is 1. The zero-order valence-corrected chi connectivity index (χ0v) is 18.9. The van der Waals surface area contributed by atoms with Crippen LogP contribution < -0.4 is 5.32 Å². The number of amides is 1. The number of hydrogen-bond donors (Lipinski definition) is 1. The molecule has 0 spiro atoms. The lowest BCUT2D eigenvalue weighted by Crippen LogP contribution is -2.47. The number of hydrogen-bond acceptors (Lipinski definition) is 4. The lowest BCUT2D eigenvalue weighted by Gasteiger charge is -2.34. The number of nitrogens with one attached hydrogen (secondary N) is 1. The molecular weight excluding hydrogens is 392 g/mol. The van der Waals surface area contributed by atoms with Crippen LogP contribution in [0.5, 0.6) is 0 Å². The van der Waals surface area contributed by atoms with Gasteiger partial charge in [-0.25, -0.2) is 4.99 Å². The molecule has 0 saturated carbocycles. The van der Waals surface area contributed by atoms with E-state index >= 15 is 0 Å². The standard InChI is InChI=1S/C24H36N4O3/c1-3-25-24(28-15-11-21(12-16-28)23(30)31-2)26-18-22(29)27-13-9-20(10-14-27)17-19-7-5-4-6-8-19/h4-8,20-21H,3,9-18H2,1-2H3,(H,25,26).